The smallest absolute Gasteiger partial charge is 0.275 e. The lowest BCUT2D eigenvalue weighted by Crippen LogP contribution is -2.44. The summed E-state index contributed by atoms with van der Waals surface area (Å²) < 4.78 is 32.1. The molecule has 144 valence electrons. The normalized spacial score (nSPS) is 16.4. The van der Waals surface area contributed by atoms with Gasteiger partial charge in [-0.1, -0.05) is 0 Å². The topological polar surface area (TPSA) is 78.5 Å². The molecule has 1 aliphatic heterocycles. The molecule has 0 unspecified atom stereocenters. The highest BCUT2D eigenvalue weighted by Gasteiger charge is 2.33. The summed E-state index contributed by atoms with van der Waals surface area (Å²) in [5.74, 6) is -2.06. The number of likely N-dealkylation sites (tertiary alicyclic amines) is 1. The van der Waals surface area contributed by atoms with Crippen LogP contribution in [0.4, 0.5) is 8.78 Å². The predicted molar refractivity (Wildman–Crippen MR) is 92.5 cm³/mol. The number of methoxy groups -OCH3 is 1. The number of aromatic nitrogens is 2. The van der Waals surface area contributed by atoms with Crippen molar-refractivity contribution in [1.82, 2.24) is 20.0 Å². The Labute approximate surface area is 154 Å². The summed E-state index contributed by atoms with van der Waals surface area (Å²) in [6.45, 7) is 0.758. The maximum Gasteiger partial charge on any atom is 0.275 e. The second-order valence-electron chi connectivity index (χ2n) is 6.42. The number of likely N-dealkylation sites (N-methyl/N-ethyl adjacent to an activating group) is 1. The molecule has 1 aromatic carbocycles. The van der Waals surface area contributed by atoms with Gasteiger partial charge in [-0.25, -0.2) is 8.78 Å². The summed E-state index contributed by atoms with van der Waals surface area (Å²) in [5, 5.41) is 5.91. The first-order valence-electron chi connectivity index (χ1n) is 8.51. The van der Waals surface area contributed by atoms with Gasteiger partial charge in [-0.2, -0.15) is 5.10 Å². The molecular weight excluding hydrogens is 358 g/mol. The monoisotopic (exact) mass is 378 g/mol. The van der Waals surface area contributed by atoms with Crippen LogP contribution in [0.25, 0.3) is 0 Å². The fraction of sp³-hybridized carbons (Fsp3) is 0.389. The Balaban J connectivity index is 1.71. The quantitative estimate of drug-likeness (QED) is 0.864. The summed E-state index contributed by atoms with van der Waals surface area (Å²) in [4.78, 5) is 28.2. The van der Waals surface area contributed by atoms with Crippen LogP contribution in [0.2, 0.25) is 0 Å². The van der Waals surface area contributed by atoms with Crippen molar-refractivity contribution in [3.63, 3.8) is 0 Å². The molecule has 0 radical (unpaired) electrons. The number of nitrogens with zero attached hydrogens (tertiary/aromatic N) is 3. The zero-order valence-electron chi connectivity index (χ0n) is 15.0. The highest BCUT2D eigenvalue weighted by atomic mass is 19.1. The highest BCUT2D eigenvalue weighted by molar-refractivity contribution is 5.95. The molecule has 3 rings (SSSR count). The van der Waals surface area contributed by atoms with Gasteiger partial charge in [0.05, 0.1) is 13.3 Å². The first kappa shape index (κ1) is 18.8. The molecule has 1 aliphatic rings. The average molecular weight is 378 g/mol. The number of H-pyrrole nitrogens is 1. The Morgan fingerprint density at radius 1 is 1.37 bits per heavy atom. The van der Waals surface area contributed by atoms with Crippen LogP contribution in [0, 0.1) is 11.6 Å². The molecule has 9 heteroatoms. The number of carbonyl (C=O) groups excluding carboxylic acids is 2. The minimum Gasteiger partial charge on any atom is -0.494 e. The SMILES string of the molecule is COc1cc(C(=O)N(C)C[C@H]2CCCN2C(=O)c2[nH]ncc2F)ccc1F. The molecule has 27 heavy (non-hydrogen) atoms. The fourth-order valence-corrected chi connectivity index (χ4v) is 3.27. The van der Waals surface area contributed by atoms with Gasteiger partial charge in [0, 0.05) is 31.7 Å². The van der Waals surface area contributed by atoms with E-state index in [4.69, 9.17) is 4.74 Å². The van der Waals surface area contributed by atoms with Gasteiger partial charge in [-0.15, -0.1) is 0 Å². The molecule has 0 spiro atoms. The molecule has 2 aromatic rings. The number of ether oxygens (including phenoxy) is 1. The van der Waals surface area contributed by atoms with Crippen molar-refractivity contribution in [2.24, 2.45) is 0 Å². The van der Waals surface area contributed by atoms with Crippen LogP contribution in [0.3, 0.4) is 0 Å². The maximum atomic E-state index is 13.6. The van der Waals surface area contributed by atoms with Gasteiger partial charge in [0.2, 0.25) is 0 Å². The second-order valence-corrected chi connectivity index (χ2v) is 6.42. The van der Waals surface area contributed by atoms with Crippen molar-refractivity contribution in [2.75, 3.05) is 27.2 Å². The molecule has 0 aliphatic carbocycles. The number of halogens is 2. The Bertz CT molecular complexity index is 855. The summed E-state index contributed by atoms with van der Waals surface area (Å²) in [7, 11) is 2.93. The molecule has 7 nitrogen and oxygen atoms in total. The maximum absolute atomic E-state index is 13.6. The first-order chi connectivity index (χ1) is 12.9. The van der Waals surface area contributed by atoms with Crippen LogP contribution in [0.1, 0.15) is 33.7 Å². The lowest BCUT2D eigenvalue weighted by atomic mass is 10.1. The Hall–Kier alpha value is -2.97. The molecule has 1 saturated heterocycles. The molecule has 0 saturated carbocycles. The summed E-state index contributed by atoms with van der Waals surface area (Å²) >= 11 is 0. The van der Waals surface area contributed by atoms with Gasteiger partial charge >= 0.3 is 0 Å². The molecule has 1 atom stereocenters. The van der Waals surface area contributed by atoms with Crippen LogP contribution < -0.4 is 4.74 Å². The number of aromatic amines is 1. The van der Waals surface area contributed by atoms with E-state index in [2.05, 4.69) is 10.2 Å². The largest absolute Gasteiger partial charge is 0.494 e. The predicted octanol–water partition coefficient (Wildman–Crippen LogP) is 2.07. The van der Waals surface area contributed by atoms with E-state index in [1.165, 1.54) is 30.2 Å². The summed E-state index contributed by atoms with van der Waals surface area (Å²) in [5.41, 5.74) is 0.102. The Morgan fingerprint density at radius 3 is 2.81 bits per heavy atom. The Kier molecular flexibility index (Phi) is 5.38. The van der Waals surface area contributed by atoms with E-state index in [1.807, 2.05) is 0 Å². The van der Waals surface area contributed by atoms with Crippen molar-refractivity contribution in [2.45, 2.75) is 18.9 Å². The van der Waals surface area contributed by atoms with Crippen molar-refractivity contribution < 1.29 is 23.1 Å². The van der Waals surface area contributed by atoms with Crippen LogP contribution in [0.15, 0.2) is 24.4 Å². The van der Waals surface area contributed by atoms with Crippen molar-refractivity contribution in [1.29, 1.82) is 0 Å². The van der Waals surface area contributed by atoms with E-state index >= 15 is 0 Å². The number of nitrogens with one attached hydrogen (secondary N) is 1. The van der Waals surface area contributed by atoms with Gasteiger partial charge < -0.3 is 14.5 Å². The number of hydrogen-bond donors (Lipinski definition) is 1. The average Bonchev–Trinajstić information content (AvgIpc) is 3.29. The van der Waals surface area contributed by atoms with Gasteiger partial charge in [-0.05, 0) is 31.0 Å². The summed E-state index contributed by atoms with van der Waals surface area (Å²) in [6, 6.07) is 3.66. The third-order valence-electron chi connectivity index (χ3n) is 4.67. The van der Waals surface area contributed by atoms with Crippen molar-refractivity contribution in [3.8, 4) is 5.75 Å². The zero-order valence-corrected chi connectivity index (χ0v) is 15.0. The minimum atomic E-state index is -0.700. The Morgan fingerprint density at radius 2 is 2.15 bits per heavy atom. The highest BCUT2D eigenvalue weighted by Crippen LogP contribution is 2.23. The van der Waals surface area contributed by atoms with Gasteiger partial charge in [0.1, 0.15) is 0 Å². The molecule has 2 amide bonds. The van der Waals surface area contributed by atoms with Crippen molar-refractivity contribution in [3.05, 3.63) is 47.3 Å². The molecule has 1 aromatic heterocycles. The summed E-state index contributed by atoms with van der Waals surface area (Å²) in [6.07, 6.45) is 2.42. The molecule has 1 N–H and O–H groups in total. The number of carbonyl (C=O) groups is 2. The fourth-order valence-electron chi connectivity index (χ4n) is 3.27. The van der Waals surface area contributed by atoms with Gasteiger partial charge in [0.25, 0.3) is 11.8 Å². The molecular formula is C18H20F2N4O3. The number of hydrogen-bond acceptors (Lipinski definition) is 4. The number of rotatable bonds is 5. The van der Waals surface area contributed by atoms with E-state index in [-0.39, 0.29) is 35.5 Å². The lowest BCUT2D eigenvalue weighted by Gasteiger charge is -2.28. The zero-order chi connectivity index (χ0) is 19.6. The molecule has 0 bridgehead atoms. The van der Waals surface area contributed by atoms with E-state index < -0.39 is 17.5 Å². The van der Waals surface area contributed by atoms with Crippen LogP contribution in [-0.2, 0) is 0 Å². The van der Waals surface area contributed by atoms with Gasteiger partial charge in [0.15, 0.2) is 23.1 Å². The second kappa shape index (κ2) is 7.73. The minimum absolute atomic E-state index is 0.0124. The third kappa shape index (κ3) is 3.76. The van der Waals surface area contributed by atoms with Crippen LogP contribution in [0.5, 0.6) is 5.75 Å². The number of amides is 2. The van der Waals surface area contributed by atoms with Gasteiger partial charge in [-0.3, -0.25) is 14.7 Å². The van der Waals surface area contributed by atoms with E-state index in [9.17, 15) is 18.4 Å². The van der Waals surface area contributed by atoms with E-state index in [0.717, 1.165) is 12.6 Å². The first-order valence-corrected chi connectivity index (χ1v) is 8.51. The lowest BCUT2D eigenvalue weighted by molar-refractivity contribution is 0.0642. The van der Waals surface area contributed by atoms with E-state index in [1.54, 1.807) is 11.9 Å². The third-order valence-corrected chi connectivity index (χ3v) is 4.67. The van der Waals surface area contributed by atoms with Crippen molar-refractivity contribution >= 4 is 11.8 Å². The molecule has 2 heterocycles. The van der Waals surface area contributed by atoms with E-state index in [0.29, 0.717) is 13.0 Å². The standard InChI is InChI=1S/C18H20F2N4O3/c1-23(17(25)11-5-6-13(19)15(8-11)27-2)10-12-4-3-7-24(12)18(26)16-14(20)9-21-22-16/h5-6,8-9,12H,3-4,7,10H2,1-2H3,(H,21,22)/t12-/m1/s1. The van der Waals surface area contributed by atoms with Crippen LogP contribution in [-0.4, -0.2) is 65.1 Å². The molecule has 1 fully saturated rings. The number of benzene rings is 1. The van der Waals surface area contributed by atoms with Crippen LogP contribution >= 0.6 is 0 Å².